The summed E-state index contributed by atoms with van der Waals surface area (Å²) in [7, 11) is 0. The number of hydrogen-bond donors (Lipinski definition) is 3. The van der Waals surface area contributed by atoms with Gasteiger partial charge in [0.25, 0.3) is 5.54 Å². The largest absolute Gasteiger partial charge is 0.447 e. The monoisotopic (exact) mass is 490 g/mol. The van der Waals surface area contributed by atoms with Crippen molar-refractivity contribution in [1.82, 2.24) is 15.3 Å². The SMILES string of the molecule is [C-]#[N+]C1(c2cc(F)ccc2-c2ccc([C@H](COC(N)=O)NC(=O)Nc3csc(C#C)n3)nc2)CC1. The number of nitrogens with one attached hydrogen (secondary N) is 2. The molecule has 1 aromatic carbocycles. The van der Waals surface area contributed by atoms with Crippen LogP contribution in [0.15, 0.2) is 41.9 Å². The fourth-order valence-corrected chi connectivity index (χ4v) is 4.11. The van der Waals surface area contributed by atoms with E-state index in [1.165, 1.54) is 23.5 Å². The van der Waals surface area contributed by atoms with Gasteiger partial charge in [-0.15, -0.1) is 17.8 Å². The number of ether oxygens (including phenoxy) is 1. The van der Waals surface area contributed by atoms with Crippen LogP contribution in [0.25, 0.3) is 16.0 Å². The molecule has 0 bridgehead atoms. The molecule has 1 aliphatic carbocycles. The van der Waals surface area contributed by atoms with Gasteiger partial charge in [-0.2, -0.15) is 0 Å². The highest BCUT2D eigenvalue weighted by Gasteiger charge is 2.54. The topological polar surface area (TPSA) is 124 Å². The van der Waals surface area contributed by atoms with Gasteiger partial charge in [-0.3, -0.25) is 10.3 Å². The number of amides is 3. The molecule has 0 saturated heterocycles. The third-order valence-electron chi connectivity index (χ3n) is 5.44. The van der Waals surface area contributed by atoms with Crippen LogP contribution in [0.1, 0.15) is 35.1 Å². The number of aromatic nitrogens is 2. The lowest BCUT2D eigenvalue weighted by molar-refractivity contribution is 0.143. The van der Waals surface area contributed by atoms with Crippen LogP contribution in [-0.2, 0) is 10.3 Å². The molecule has 35 heavy (non-hydrogen) atoms. The van der Waals surface area contributed by atoms with Crippen molar-refractivity contribution in [2.24, 2.45) is 5.73 Å². The zero-order valence-corrected chi connectivity index (χ0v) is 19.1. The van der Waals surface area contributed by atoms with E-state index in [1.807, 2.05) is 0 Å². The first-order valence-corrected chi connectivity index (χ1v) is 11.3. The Kier molecular flexibility index (Phi) is 6.62. The van der Waals surface area contributed by atoms with Gasteiger partial charge in [0.2, 0.25) is 0 Å². The van der Waals surface area contributed by atoms with Crippen LogP contribution < -0.4 is 16.4 Å². The number of anilines is 1. The molecule has 0 unspecified atom stereocenters. The van der Waals surface area contributed by atoms with Crippen LogP contribution in [0.2, 0.25) is 0 Å². The number of terminal acetylenes is 1. The Morgan fingerprint density at radius 2 is 2.17 bits per heavy atom. The molecule has 1 aliphatic rings. The summed E-state index contributed by atoms with van der Waals surface area (Å²) in [5.74, 6) is 2.25. The Hall–Kier alpha value is -4.48. The van der Waals surface area contributed by atoms with Crippen LogP contribution in [0.4, 0.5) is 19.8 Å². The minimum Gasteiger partial charge on any atom is -0.447 e. The smallest absolute Gasteiger partial charge is 0.404 e. The van der Waals surface area contributed by atoms with Gasteiger partial charge < -0.3 is 20.6 Å². The van der Waals surface area contributed by atoms with E-state index in [0.29, 0.717) is 40.2 Å². The first-order valence-electron chi connectivity index (χ1n) is 10.4. The predicted octanol–water partition coefficient (Wildman–Crippen LogP) is 4.19. The van der Waals surface area contributed by atoms with Crippen LogP contribution >= 0.6 is 11.3 Å². The molecule has 1 atom stereocenters. The summed E-state index contributed by atoms with van der Waals surface area (Å²) < 4.78 is 18.8. The van der Waals surface area contributed by atoms with Gasteiger partial charge in [0.15, 0.2) is 5.01 Å². The number of hydrogen-bond acceptors (Lipinski definition) is 6. The van der Waals surface area contributed by atoms with Crippen molar-refractivity contribution in [1.29, 1.82) is 0 Å². The minimum absolute atomic E-state index is 0.260. The molecule has 11 heteroatoms. The number of pyridine rings is 1. The number of nitrogens with zero attached hydrogens (tertiary/aromatic N) is 3. The Balaban J connectivity index is 1.56. The number of primary amides is 1. The third kappa shape index (κ3) is 5.37. The van der Waals surface area contributed by atoms with Gasteiger partial charge in [0, 0.05) is 35.5 Å². The Morgan fingerprint density at radius 1 is 1.37 bits per heavy atom. The molecule has 3 amide bonds. The minimum atomic E-state index is -1.00. The Morgan fingerprint density at radius 3 is 2.77 bits per heavy atom. The molecule has 4 N–H and O–H groups in total. The summed E-state index contributed by atoms with van der Waals surface area (Å²) in [6, 6.07) is 6.32. The van der Waals surface area contributed by atoms with Crippen LogP contribution in [0.3, 0.4) is 0 Å². The highest BCUT2D eigenvalue weighted by atomic mass is 32.1. The molecule has 0 spiro atoms. The second-order valence-electron chi connectivity index (χ2n) is 7.77. The maximum atomic E-state index is 13.9. The van der Waals surface area contributed by atoms with E-state index in [-0.39, 0.29) is 12.4 Å². The van der Waals surface area contributed by atoms with Crippen molar-refractivity contribution in [2.45, 2.75) is 24.4 Å². The third-order valence-corrected chi connectivity index (χ3v) is 6.22. The maximum absolute atomic E-state index is 13.9. The first kappa shape index (κ1) is 23.7. The van der Waals surface area contributed by atoms with Crippen molar-refractivity contribution < 1.29 is 18.7 Å². The second kappa shape index (κ2) is 9.79. The average Bonchev–Trinajstić information content (AvgIpc) is 3.53. The van der Waals surface area contributed by atoms with Crippen molar-refractivity contribution >= 4 is 29.3 Å². The molecule has 0 aliphatic heterocycles. The highest BCUT2D eigenvalue weighted by Crippen LogP contribution is 2.52. The molecule has 176 valence electrons. The van der Waals surface area contributed by atoms with Crippen LogP contribution in [0, 0.1) is 24.7 Å². The maximum Gasteiger partial charge on any atom is 0.404 e. The molecule has 1 fully saturated rings. The predicted molar refractivity (Wildman–Crippen MR) is 128 cm³/mol. The summed E-state index contributed by atoms with van der Waals surface area (Å²) in [4.78, 5) is 35.8. The molecule has 2 aromatic heterocycles. The summed E-state index contributed by atoms with van der Waals surface area (Å²) >= 11 is 1.20. The summed E-state index contributed by atoms with van der Waals surface area (Å²) in [5.41, 5.74) is 6.79. The van der Waals surface area contributed by atoms with E-state index in [9.17, 15) is 14.0 Å². The van der Waals surface area contributed by atoms with Crippen LogP contribution in [-0.4, -0.2) is 28.7 Å². The first-order chi connectivity index (χ1) is 16.8. The standard InChI is InChI=1S/C24H19FN6O3S/c1-3-21-30-20(13-35-21)31-23(33)29-19(12-34-22(26)32)18-7-4-14(11-28-18)16-6-5-15(25)10-17(16)24(27-2)8-9-24/h1,4-7,10-11,13,19H,8-9,12H2,(H2,26,32)(H2,29,31,33)/t19-/m0/s1. The van der Waals surface area contributed by atoms with Gasteiger partial charge >= 0.3 is 12.1 Å². The van der Waals surface area contributed by atoms with Crippen molar-refractivity contribution in [3.05, 3.63) is 75.4 Å². The van der Waals surface area contributed by atoms with Gasteiger partial charge in [0.1, 0.15) is 24.3 Å². The van der Waals surface area contributed by atoms with Crippen molar-refractivity contribution in [2.75, 3.05) is 11.9 Å². The highest BCUT2D eigenvalue weighted by molar-refractivity contribution is 7.10. The number of carbonyl (C=O) groups excluding carboxylic acids is 2. The average molecular weight is 491 g/mol. The van der Waals surface area contributed by atoms with Gasteiger partial charge in [-0.25, -0.2) is 25.5 Å². The fraction of sp³-hybridized carbons (Fsp3) is 0.208. The van der Waals surface area contributed by atoms with Gasteiger partial charge in [0.05, 0.1) is 5.69 Å². The van der Waals surface area contributed by atoms with E-state index in [1.54, 1.807) is 29.8 Å². The lowest BCUT2D eigenvalue weighted by Gasteiger charge is -2.18. The normalized spacial score (nSPS) is 14.1. The van der Waals surface area contributed by atoms with E-state index in [2.05, 4.69) is 31.4 Å². The van der Waals surface area contributed by atoms with E-state index >= 15 is 0 Å². The summed E-state index contributed by atoms with van der Waals surface area (Å²) in [6.45, 7) is 7.28. The molecular formula is C24H19FN6O3S. The van der Waals surface area contributed by atoms with Gasteiger partial charge in [-0.1, -0.05) is 12.1 Å². The van der Waals surface area contributed by atoms with Crippen LogP contribution in [0.5, 0.6) is 0 Å². The number of rotatable bonds is 7. The zero-order chi connectivity index (χ0) is 25.0. The van der Waals surface area contributed by atoms with E-state index in [0.717, 1.165) is 0 Å². The molecule has 9 nitrogen and oxygen atoms in total. The molecule has 0 radical (unpaired) electrons. The molecular weight excluding hydrogens is 471 g/mol. The Bertz CT molecular complexity index is 1350. The van der Waals surface area contributed by atoms with Crippen molar-refractivity contribution in [3.63, 3.8) is 0 Å². The number of halogens is 1. The quantitative estimate of drug-likeness (QED) is 0.338. The number of benzene rings is 1. The number of thiazole rings is 1. The molecule has 3 aromatic rings. The Labute approximate surface area is 204 Å². The number of carbonyl (C=O) groups is 2. The lowest BCUT2D eigenvalue weighted by atomic mass is 9.94. The number of urea groups is 1. The van der Waals surface area contributed by atoms with E-state index < -0.39 is 29.5 Å². The van der Waals surface area contributed by atoms with Gasteiger partial charge in [-0.05, 0) is 29.7 Å². The second-order valence-corrected chi connectivity index (χ2v) is 8.63. The van der Waals surface area contributed by atoms with E-state index in [4.69, 9.17) is 23.5 Å². The number of nitrogens with two attached hydrogens (primary N) is 1. The zero-order valence-electron chi connectivity index (χ0n) is 18.2. The summed E-state index contributed by atoms with van der Waals surface area (Å²) in [5, 5.41) is 7.22. The molecule has 1 saturated carbocycles. The molecule has 4 rings (SSSR count). The molecule has 2 heterocycles. The summed E-state index contributed by atoms with van der Waals surface area (Å²) in [6.07, 6.45) is 7.19. The lowest BCUT2D eigenvalue weighted by Crippen LogP contribution is -2.36. The van der Waals surface area contributed by atoms with Crippen molar-refractivity contribution in [3.8, 4) is 23.5 Å². The fourth-order valence-electron chi connectivity index (χ4n) is 3.56.